The lowest BCUT2D eigenvalue weighted by Gasteiger charge is -2.04. The van der Waals surface area contributed by atoms with Gasteiger partial charge in [0.1, 0.15) is 0 Å². The second-order valence-electron chi connectivity index (χ2n) is 4.14. The van der Waals surface area contributed by atoms with Crippen molar-refractivity contribution in [2.45, 2.75) is 4.90 Å². The van der Waals surface area contributed by atoms with Crippen LogP contribution in [0.1, 0.15) is 5.56 Å². The highest BCUT2D eigenvalue weighted by Crippen LogP contribution is 2.32. The maximum atomic E-state index is 12.0. The molecule has 0 bridgehead atoms. The summed E-state index contributed by atoms with van der Waals surface area (Å²) in [6, 6.07) is 8.91. The van der Waals surface area contributed by atoms with Crippen molar-refractivity contribution in [2.24, 2.45) is 5.10 Å². The summed E-state index contributed by atoms with van der Waals surface area (Å²) in [4.78, 5) is 2.15. The van der Waals surface area contributed by atoms with Gasteiger partial charge in [-0.05, 0) is 42.0 Å². The normalized spacial score (nSPS) is 11.8. The largest absolute Gasteiger partial charge is 0.505 e. The number of aromatic hydroxyl groups is 1. The van der Waals surface area contributed by atoms with Crippen LogP contribution in [-0.2, 0) is 10.0 Å². The van der Waals surface area contributed by atoms with E-state index in [0.717, 1.165) is 4.47 Å². The van der Waals surface area contributed by atoms with E-state index in [4.69, 9.17) is 23.2 Å². The van der Waals surface area contributed by atoms with Crippen molar-refractivity contribution in [3.05, 3.63) is 56.5 Å². The van der Waals surface area contributed by atoms with E-state index in [1.807, 2.05) is 0 Å². The molecule has 2 aromatic carbocycles. The highest BCUT2D eigenvalue weighted by atomic mass is 79.9. The van der Waals surface area contributed by atoms with Gasteiger partial charge in [0, 0.05) is 4.47 Å². The molecule has 9 heteroatoms. The lowest BCUT2D eigenvalue weighted by atomic mass is 10.2. The molecule has 0 radical (unpaired) electrons. The molecule has 2 N–H and O–H groups in total. The van der Waals surface area contributed by atoms with E-state index < -0.39 is 10.0 Å². The highest BCUT2D eigenvalue weighted by Gasteiger charge is 2.12. The van der Waals surface area contributed by atoms with Gasteiger partial charge in [-0.2, -0.15) is 13.5 Å². The molecule has 22 heavy (non-hydrogen) atoms. The number of nitrogens with one attached hydrogen (secondary N) is 1. The van der Waals surface area contributed by atoms with Crippen LogP contribution in [0.3, 0.4) is 0 Å². The van der Waals surface area contributed by atoms with Gasteiger partial charge in [0.15, 0.2) is 5.75 Å². The number of hydrazone groups is 1. The van der Waals surface area contributed by atoms with Gasteiger partial charge in [0.25, 0.3) is 10.0 Å². The van der Waals surface area contributed by atoms with Crippen LogP contribution in [0, 0.1) is 0 Å². The van der Waals surface area contributed by atoms with Gasteiger partial charge in [-0.25, -0.2) is 4.83 Å². The molecule has 0 unspecified atom stereocenters. The molecule has 2 rings (SSSR count). The summed E-state index contributed by atoms with van der Waals surface area (Å²) < 4.78 is 24.7. The van der Waals surface area contributed by atoms with Crippen LogP contribution in [0.5, 0.6) is 5.75 Å². The number of hydrogen-bond donors (Lipinski definition) is 2. The quantitative estimate of drug-likeness (QED) is 0.580. The number of phenolic OH excluding ortho intramolecular Hbond substituents is 1. The third-order valence-electron chi connectivity index (χ3n) is 2.55. The summed E-state index contributed by atoms with van der Waals surface area (Å²) in [6.07, 6.45) is 1.23. The average molecular weight is 424 g/mol. The molecule has 0 heterocycles. The number of hydrogen-bond acceptors (Lipinski definition) is 4. The molecule has 0 aliphatic heterocycles. The molecular formula is C13H9BrCl2N2O3S. The number of rotatable bonds is 4. The molecule has 0 saturated carbocycles. The first-order valence-electron chi connectivity index (χ1n) is 5.78. The van der Waals surface area contributed by atoms with E-state index in [0.29, 0.717) is 5.56 Å². The Balaban J connectivity index is 2.16. The Labute approximate surface area is 145 Å². The van der Waals surface area contributed by atoms with E-state index in [-0.39, 0.29) is 20.7 Å². The van der Waals surface area contributed by atoms with Crippen LogP contribution < -0.4 is 4.83 Å². The maximum Gasteiger partial charge on any atom is 0.276 e. The Morgan fingerprint density at radius 1 is 1.14 bits per heavy atom. The van der Waals surface area contributed by atoms with E-state index in [1.165, 1.54) is 30.5 Å². The molecule has 0 saturated heterocycles. The number of sulfonamides is 1. The van der Waals surface area contributed by atoms with Crippen LogP contribution in [0.2, 0.25) is 10.0 Å². The standard InChI is InChI=1S/C13H9BrCl2N2O3S/c14-9-1-3-10(4-2-9)22(20,21)18-17-7-8-5-11(15)13(19)12(16)6-8/h1-7,18-19H/b17-7+. The average Bonchev–Trinajstić information content (AvgIpc) is 2.45. The molecule has 2 aromatic rings. The minimum absolute atomic E-state index is 0.0460. The van der Waals surface area contributed by atoms with Crippen molar-refractivity contribution in [3.63, 3.8) is 0 Å². The van der Waals surface area contributed by atoms with E-state index >= 15 is 0 Å². The monoisotopic (exact) mass is 422 g/mol. The first-order chi connectivity index (χ1) is 10.3. The molecule has 0 aliphatic rings. The van der Waals surface area contributed by atoms with Crippen LogP contribution in [0.4, 0.5) is 0 Å². The highest BCUT2D eigenvalue weighted by molar-refractivity contribution is 9.10. The Bertz CT molecular complexity index is 801. The minimum atomic E-state index is -3.76. The first-order valence-corrected chi connectivity index (χ1v) is 8.81. The van der Waals surface area contributed by atoms with Crippen molar-refractivity contribution >= 4 is 55.4 Å². The number of benzene rings is 2. The van der Waals surface area contributed by atoms with Gasteiger partial charge in [-0.15, -0.1) is 0 Å². The fourth-order valence-corrected chi connectivity index (χ4v) is 3.06. The van der Waals surface area contributed by atoms with Crippen LogP contribution >= 0.6 is 39.1 Å². The van der Waals surface area contributed by atoms with Gasteiger partial charge in [0.2, 0.25) is 0 Å². The zero-order valence-corrected chi connectivity index (χ0v) is 14.7. The smallest absolute Gasteiger partial charge is 0.276 e. The third kappa shape index (κ3) is 4.13. The third-order valence-corrected chi connectivity index (χ3v) is 4.89. The molecule has 0 spiro atoms. The minimum Gasteiger partial charge on any atom is -0.505 e. The summed E-state index contributed by atoms with van der Waals surface area (Å²) >= 11 is 14.7. The Morgan fingerprint density at radius 3 is 2.23 bits per heavy atom. The fraction of sp³-hybridized carbons (Fsp3) is 0. The second-order valence-corrected chi connectivity index (χ2v) is 7.53. The zero-order valence-electron chi connectivity index (χ0n) is 10.8. The Morgan fingerprint density at radius 2 is 1.68 bits per heavy atom. The summed E-state index contributed by atoms with van der Waals surface area (Å²) in [6.45, 7) is 0. The Kier molecular flexibility index (Phi) is 5.33. The molecule has 0 aromatic heterocycles. The van der Waals surface area contributed by atoms with E-state index in [9.17, 15) is 13.5 Å². The molecule has 116 valence electrons. The van der Waals surface area contributed by atoms with Crippen LogP contribution in [0.25, 0.3) is 0 Å². The Hall–Kier alpha value is -1.28. The van der Waals surface area contributed by atoms with Crippen molar-refractivity contribution < 1.29 is 13.5 Å². The van der Waals surface area contributed by atoms with E-state index in [1.54, 1.807) is 12.1 Å². The number of phenols is 1. The molecular weight excluding hydrogens is 415 g/mol. The van der Waals surface area contributed by atoms with Crippen molar-refractivity contribution in [3.8, 4) is 5.75 Å². The van der Waals surface area contributed by atoms with Gasteiger partial charge in [0.05, 0.1) is 21.2 Å². The van der Waals surface area contributed by atoms with Gasteiger partial charge < -0.3 is 5.11 Å². The summed E-state index contributed by atoms with van der Waals surface area (Å²) in [5.41, 5.74) is 0.436. The molecule has 5 nitrogen and oxygen atoms in total. The first kappa shape index (κ1) is 17.1. The van der Waals surface area contributed by atoms with Crippen molar-refractivity contribution in [1.29, 1.82) is 0 Å². The maximum absolute atomic E-state index is 12.0. The molecule has 0 amide bonds. The fourth-order valence-electron chi connectivity index (χ4n) is 1.50. The predicted octanol–water partition coefficient (Wildman–Crippen LogP) is 3.77. The lowest BCUT2D eigenvalue weighted by molar-refractivity contribution is 0.476. The lowest BCUT2D eigenvalue weighted by Crippen LogP contribution is -2.18. The summed E-state index contributed by atoms with van der Waals surface area (Å²) in [7, 11) is -3.76. The van der Waals surface area contributed by atoms with Crippen LogP contribution in [-0.4, -0.2) is 19.7 Å². The summed E-state index contributed by atoms with van der Waals surface area (Å²) in [5, 5.41) is 13.2. The number of nitrogens with zero attached hydrogens (tertiary/aromatic N) is 1. The van der Waals surface area contributed by atoms with Gasteiger partial charge >= 0.3 is 0 Å². The molecule has 0 fully saturated rings. The molecule has 0 atom stereocenters. The van der Waals surface area contributed by atoms with Crippen molar-refractivity contribution in [2.75, 3.05) is 0 Å². The zero-order chi connectivity index (χ0) is 16.3. The van der Waals surface area contributed by atoms with Crippen molar-refractivity contribution in [1.82, 2.24) is 4.83 Å². The molecule has 0 aliphatic carbocycles. The summed E-state index contributed by atoms with van der Waals surface area (Å²) in [5.74, 6) is -0.240. The van der Waals surface area contributed by atoms with Gasteiger partial charge in [-0.3, -0.25) is 0 Å². The van der Waals surface area contributed by atoms with E-state index in [2.05, 4.69) is 25.9 Å². The van der Waals surface area contributed by atoms with Crippen LogP contribution in [0.15, 0.2) is 50.9 Å². The topological polar surface area (TPSA) is 78.8 Å². The predicted molar refractivity (Wildman–Crippen MR) is 90.2 cm³/mol. The van der Waals surface area contributed by atoms with Gasteiger partial charge in [-0.1, -0.05) is 39.1 Å². The second kappa shape index (κ2) is 6.87. The SMILES string of the molecule is O=S(=O)(N/N=C/c1cc(Cl)c(O)c(Cl)c1)c1ccc(Br)cc1. The number of halogens is 3.